The second-order valence-electron chi connectivity index (χ2n) is 5.42. The lowest BCUT2D eigenvalue weighted by atomic mass is 10.0. The Balaban J connectivity index is 2.20. The van der Waals surface area contributed by atoms with Gasteiger partial charge in [0.1, 0.15) is 0 Å². The number of anilines is 1. The number of piperidine rings is 1. The van der Waals surface area contributed by atoms with E-state index >= 15 is 0 Å². The van der Waals surface area contributed by atoms with Crippen LogP contribution in [0.3, 0.4) is 0 Å². The average molecular weight is 312 g/mol. The molecule has 0 spiro atoms. The number of nitrogens with zero attached hydrogens (tertiary/aromatic N) is 2. The number of hydrogen-bond donors (Lipinski definition) is 0. The normalized spacial score (nSPS) is 19.0. The fourth-order valence-electron chi connectivity index (χ4n) is 2.65. The minimum atomic E-state index is -4.52. The molecule has 1 saturated heterocycles. The highest BCUT2D eigenvalue weighted by molar-refractivity contribution is 5.55. The molecule has 6 heteroatoms. The Morgan fingerprint density at radius 1 is 1.41 bits per heavy atom. The van der Waals surface area contributed by atoms with Crippen LogP contribution in [0.4, 0.5) is 18.9 Å². The lowest BCUT2D eigenvalue weighted by Gasteiger charge is -2.34. The molecule has 1 aromatic rings. The second-order valence-corrected chi connectivity index (χ2v) is 5.42. The number of nitriles is 1. The Morgan fingerprint density at radius 2 is 2.18 bits per heavy atom. The molecule has 0 aliphatic carbocycles. The number of ether oxygens (including phenoxy) is 1. The van der Waals surface area contributed by atoms with E-state index in [4.69, 9.17) is 10.00 Å². The van der Waals surface area contributed by atoms with Gasteiger partial charge < -0.3 is 9.64 Å². The Bertz CT molecular complexity index is 551. The van der Waals surface area contributed by atoms with Gasteiger partial charge in [-0.1, -0.05) is 6.92 Å². The predicted molar refractivity (Wildman–Crippen MR) is 77.6 cm³/mol. The molecule has 1 aliphatic rings. The maximum absolute atomic E-state index is 13.0. The first kappa shape index (κ1) is 16.6. The number of rotatable bonds is 4. The molecule has 0 bridgehead atoms. The molecule has 1 unspecified atom stereocenters. The van der Waals surface area contributed by atoms with Gasteiger partial charge in [-0.25, -0.2) is 0 Å². The van der Waals surface area contributed by atoms with Gasteiger partial charge in [-0.05, 0) is 37.5 Å². The zero-order valence-electron chi connectivity index (χ0n) is 12.5. The van der Waals surface area contributed by atoms with Crippen molar-refractivity contribution in [2.45, 2.75) is 38.5 Å². The zero-order chi connectivity index (χ0) is 16.2. The van der Waals surface area contributed by atoms with Crippen LogP contribution in [0.1, 0.15) is 37.3 Å². The molecule has 22 heavy (non-hydrogen) atoms. The predicted octanol–water partition coefficient (Wildman–Crippen LogP) is 3.97. The molecule has 120 valence electrons. The van der Waals surface area contributed by atoms with E-state index in [1.807, 2.05) is 11.8 Å². The summed E-state index contributed by atoms with van der Waals surface area (Å²) >= 11 is 0. The molecule has 1 aliphatic heterocycles. The summed E-state index contributed by atoms with van der Waals surface area (Å²) in [5.74, 6) is 0. The molecular weight excluding hydrogens is 293 g/mol. The van der Waals surface area contributed by atoms with E-state index in [0.717, 1.165) is 25.3 Å². The molecule has 0 saturated carbocycles. The lowest BCUT2D eigenvalue weighted by Crippen LogP contribution is -2.40. The number of hydrogen-bond acceptors (Lipinski definition) is 3. The van der Waals surface area contributed by atoms with Crippen molar-refractivity contribution in [3.05, 3.63) is 29.3 Å². The van der Waals surface area contributed by atoms with E-state index in [1.54, 1.807) is 12.1 Å². The van der Waals surface area contributed by atoms with Crippen molar-refractivity contribution in [2.75, 3.05) is 24.6 Å². The summed E-state index contributed by atoms with van der Waals surface area (Å²) in [5, 5.41) is 8.84. The van der Waals surface area contributed by atoms with Crippen LogP contribution in [0.15, 0.2) is 18.2 Å². The van der Waals surface area contributed by atoms with E-state index < -0.39 is 11.7 Å². The van der Waals surface area contributed by atoms with E-state index in [1.165, 1.54) is 6.07 Å². The standard InChI is InChI=1S/C16H19F3N2O/c1-2-8-22-14-4-3-7-21(11-14)13-6-5-12(10-20)15(9-13)16(17,18)19/h5-6,9,14H,2-4,7-8,11H2,1H3. The van der Waals surface area contributed by atoms with Gasteiger partial charge in [0.15, 0.2) is 0 Å². The zero-order valence-corrected chi connectivity index (χ0v) is 12.5. The summed E-state index contributed by atoms with van der Waals surface area (Å²) in [6.07, 6.45) is -1.73. The maximum atomic E-state index is 13.0. The molecule has 3 nitrogen and oxygen atoms in total. The first-order chi connectivity index (χ1) is 10.5. The van der Waals surface area contributed by atoms with Crippen molar-refractivity contribution < 1.29 is 17.9 Å². The lowest BCUT2D eigenvalue weighted by molar-refractivity contribution is -0.137. The van der Waals surface area contributed by atoms with Gasteiger partial charge in [0.25, 0.3) is 0 Å². The van der Waals surface area contributed by atoms with Crippen LogP contribution < -0.4 is 4.90 Å². The first-order valence-corrected chi connectivity index (χ1v) is 7.43. The summed E-state index contributed by atoms with van der Waals surface area (Å²) in [4.78, 5) is 1.90. The van der Waals surface area contributed by atoms with Gasteiger partial charge in [0, 0.05) is 25.4 Å². The van der Waals surface area contributed by atoms with Gasteiger partial charge in [0.05, 0.1) is 23.3 Å². The molecule has 0 amide bonds. The van der Waals surface area contributed by atoms with Crippen molar-refractivity contribution in [2.24, 2.45) is 0 Å². The van der Waals surface area contributed by atoms with Crippen molar-refractivity contribution in [1.29, 1.82) is 5.26 Å². The number of benzene rings is 1. The molecule has 1 fully saturated rings. The van der Waals surface area contributed by atoms with E-state index in [0.29, 0.717) is 25.4 Å². The Kier molecular flexibility index (Phi) is 5.30. The molecular formula is C16H19F3N2O. The van der Waals surface area contributed by atoms with Crippen molar-refractivity contribution in [3.63, 3.8) is 0 Å². The third-order valence-corrected chi connectivity index (χ3v) is 3.73. The van der Waals surface area contributed by atoms with E-state index in [-0.39, 0.29) is 11.7 Å². The van der Waals surface area contributed by atoms with Crippen LogP contribution in [0.25, 0.3) is 0 Å². The molecule has 2 rings (SSSR count). The van der Waals surface area contributed by atoms with Crippen LogP contribution in [0.5, 0.6) is 0 Å². The van der Waals surface area contributed by atoms with Gasteiger partial charge in [-0.2, -0.15) is 18.4 Å². The van der Waals surface area contributed by atoms with E-state index in [2.05, 4.69) is 0 Å². The van der Waals surface area contributed by atoms with Gasteiger partial charge in [-0.3, -0.25) is 0 Å². The smallest absolute Gasteiger partial charge is 0.376 e. The van der Waals surface area contributed by atoms with Crippen molar-refractivity contribution >= 4 is 5.69 Å². The summed E-state index contributed by atoms with van der Waals surface area (Å²) in [6, 6.07) is 5.50. The molecule has 1 heterocycles. The van der Waals surface area contributed by atoms with E-state index in [9.17, 15) is 13.2 Å². The highest BCUT2D eigenvalue weighted by Gasteiger charge is 2.34. The van der Waals surface area contributed by atoms with Crippen LogP contribution >= 0.6 is 0 Å². The SMILES string of the molecule is CCCOC1CCCN(c2ccc(C#N)c(C(F)(F)F)c2)C1. The van der Waals surface area contributed by atoms with Crippen LogP contribution in [-0.4, -0.2) is 25.8 Å². The number of alkyl halides is 3. The van der Waals surface area contributed by atoms with Crippen LogP contribution in [0.2, 0.25) is 0 Å². The topological polar surface area (TPSA) is 36.3 Å². The molecule has 0 aromatic heterocycles. The largest absolute Gasteiger partial charge is 0.417 e. The van der Waals surface area contributed by atoms with Crippen molar-refractivity contribution in [3.8, 4) is 6.07 Å². The summed E-state index contributed by atoms with van der Waals surface area (Å²) < 4.78 is 44.8. The Hall–Kier alpha value is -1.74. The number of halogens is 3. The minimum absolute atomic E-state index is 0.0543. The summed E-state index contributed by atoms with van der Waals surface area (Å²) in [7, 11) is 0. The third kappa shape index (κ3) is 3.92. The Labute approximate surface area is 128 Å². The highest BCUT2D eigenvalue weighted by atomic mass is 19.4. The fourth-order valence-corrected chi connectivity index (χ4v) is 2.65. The van der Waals surface area contributed by atoms with Crippen LogP contribution in [0, 0.1) is 11.3 Å². The molecule has 0 N–H and O–H groups in total. The molecule has 1 atom stereocenters. The van der Waals surface area contributed by atoms with Crippen molar-refractivity contribution in [1.82, 2.24) is 0 Å². The monoisotopic (exact) mass is 312 g/mol. The van der Waals surface area contributed by atoms with Gasteiger partial charge in [0.2, 0.25) is 0 Å². The first-order valence-electron chi connectivity index (χ1n) is 7.43. The third-order valence-electron chi connectivity index (χ3n) is 3.73. The van der Waals surface area contributed by atoms with Gasteiger partial charge in [-0.15, -0.1) is 0 Å². The average Bonchev–Trinajstić information content (AvgIpc) is 2.51. The van der Waals surface area contributed by atoms with Gasteiger partial charge >= 0.3 is 6.18 Å². The quantitative estimate of drug-likeness (QED) is 0.844. The maximum Gasteiger partial charge on any atom is 0.417 e. The Morgan fingerprint density at radius 3 is 2.82 bits per heavy atom. The second kappa shape index (κ2) is 7.01. The summed E-state index contributed by atoms with van der Waals surface area (Å²) in [6.45, 7) is 3.98. The summed E-state index contributed by atoms with van der Waals surface area (Å²) in [5.41, 5.74) is -0.715. The molecule has 0 radical (unpaired) electrons. The minimum Gasteiger partial charge on any atom is -0.376 e. The highest BCUT2D eigenvalue weighted by Crippen LogP contribution is 2.35. The molecule has 1 aromatic carbocycles. The fraction of sp³-hybridized carbons (Fsp3) is 0.562. The van der Waals surface area contributed by atoms with Crippen LogP contribution in [-0.2, 0) is 10.9 Å².